The first kappa shape index (κ1) is 23.1. The van der Waals surface area contributed by atoms with E-state index >= 15 is 0 Å². The molecule has 31 heavy (non-hydrogen) atoms. The Bertz CT molecular complexity index is 933. The van der Waals surface area contributed by atoms with E-state index in [0.717, 1.165) is 31.2 Å². The minimum Gasteiger partial charge on any atom is -0.493 e. The van der Waals surface area contributed by atoms with Crippen LogP contribution >= 0.6 is 23.6 Å². The summed E-state index contributed by atoms with van der Waals surface area (Å²) in [7, 11) is 6.08. The van der Waals surface area contributed by atoms with E-state index in [-0.39, 0.29) is 5.97 Å². The number of thiocarbonyl (C=S) groups is 1. The van der Waals surface area contributed by atoms with E-state index in [9.17, 15) is 4.79 Å². The van der Waals surface area contributed by atoms with Crippen LogP contribution in [0.25, 0.3) is 0 Å². The van der Waals surface area contributed by atoms with E-state index in [0.29, 0.717) is 38.6 Å². The van der Waals surface area contributed by atoms with Gasteiger partial charge in [-0.3, -0.25) is 0 Å². The molecule has 0 spiro atoms. The Morgan fingerprint density at radius 1 is 0.935 bits per heavy atom. The van der Waals surface area contributed by atoms with E-state index in [2.05, 4.69) is 10.6 Å². The lowest BCUT2D eigenvalue weighted by Gasteiger charge is -2.16. The normalized spacial score (nSPS) is 13.3. The van der Waals surface area contributed by atoms with Crippen LogP contribution in [-0.4, -0.2) is 39.5 Å². The smallest absolute Gasteiger partial charge is 0.341 e. The van der Waals surface area contributed by atoms with Crippen LogP contribution in [0.1, 0.15) is 46.5 Å². The van der Waals surface area contributed by atoms with Gasteiger partial charge in [-0.1, -0.05) is 12.8 Å². The summed E-state index contributed by atoms with van der Waals surface area (Å²) < 4.78 is 21.2. The zero-order chi connectivity index (χ0) is 22.4. The van der Waals surface area contributed by atoms with Gasteiger partial charge in [-0.15, -0.1) is 11.3 Å². The molecule has 0 unspecified atom stereocenters. The van der Waals surface area contributed by atoms with Gasteiger partial charge in [0.2, 0.25) is 5.75 Å². The van der Waals surface area contributed by atoms with Crippen LogP contribution in [0.15, 0.2) is 12.1 Å². The molecule has 3 rings (SSSR count). The molecule has 1 aliphatic rings. The Balaban J connectivity index is 1.86. The molecule has 0 aliphatic heterocycles. The fourth-order valence-electron chi connectivity index (χ4n) is 3.74. The average molecular weight is 465 g/mol. The summed E-state index contributed by atoms with van der Waals surface area (Å²) in [6, 6.07) is 3.54. The quantitative estimate of drug-likeness (QED) is 0.455. The van der Waals surface area contributed by atoms with Crippen LogP contribution in [0.3, 0.4) is 0 Å². The Morgan fingerprint density at radius 3 is 2.16 bits per heavy atom. The number of fused-ring (bicyclic) bond motifs is 1. The summed E-state index contributed by atoms with van der Waals surface area (Å²) in [6.07, 6.45) is 6.45. The number of hydrogen-bond acceptors (Lipinski definition) is 7. The van der Waals surface area contributed by atoms with E-state index in [1.165, 1.54) is 24.8 Å². The lowest BCUT2D eigenvalue weighted by molar-refractivity contribution is 0.0601. The van der Waals surface area contributed by atoms with Crippen molar-refractivity contribution >= 4 is 45.3 Å². The molecular weight excluding hydrogens is 436 g/mol. The summed E-state index contributed by atoms with van der Waals surface area (Å²) in [5.74, 6) is 1.19. The molecule has 1 heterocycles. The maximum Gasteiger partial charge on any atom is 0.341 e. The molecule has 0 radical (unpaired) electrons. The molecule has 9 heteroatoms. The number of benzene rings is 1. The molecule has 0 amide bonds. The molecule has 1 aliphatic carbocycles. The maximum atomic E-state index is 12.6. The van der Waals surface area contributed by atoms with E-state index in [4.69, 9.17) is 31.2 Å². The van der Waals surface area contributed by atoms with Gasteiger partial charge in [-0.25, -0.2) is 4.79 Å². The topological polar surface area (TPSA) is 78.1 Å². The van der Waals surface area contributed by atoms with Crippen molar-refractivity contribution < 1.29 is 23.7 Å². The van der Waals surface area contributed by atoms with Gasteiger partial charge in [0.15, 0.2) is 16.6 Å². The van der Waals surface area contributed by atoms with Crippen LogP contribution in [-0.2, 0) is 17.6 Å². The number of rotatable bonds is 6. The van der Waals surface area contributed by atoms with Crippen LogP contribution in [0, 0.1) is 0 Å². The molecule has 0 saturated carbocycles. The second-order valence-electron chi connectivity index (χ2n) is 7.11. The Labute approximate surface area is 192 Å². The largest absolute Gasteiger partial charge is 0.493 e. The molecule has 0 fully saturated rings. The van der Waals surface area contributed by atoms with Gasteiger partial charge in [0.25, 0.3) is 0 Å². The van der Waals surface area contributed by atoms with Crippen molar-refractivity contribution in [3.63, 3.8) is 0 Å². The van der Waals surface area contributed by atoms with Crippen molar-refractivity contribution in [1.29, 1.82) is 0 Å². The molecule has 0 saturated heterocycles. The van der Waals surface area contributed by atoms with Crippen molar-refractivity contribution in [2.75, 3.05) is 39.1 Å². The highest BCUT2D eigenvalue weighted by Gasteiger charge is 2.25. The third-order valence-corrected chi connectivity index (χ3v) is 6.62. The van der Waals surface area contributed by atoms with Gasteiger partial charge in [0, 0.05) is 22.7 Å². The number of carbonyl (C=O) groups is 1. The molecule has 1 aromatic heterocycles. The van der Waals surface area contributed by atoms with Gasteiger partial charge < -0.3 is 29.6 Å². The summed E-state index contributed by atoms with van der Waals surface area (Å²) in [6.45, 7) is 0. The average Bonchev–Trinajstić information content (AvgIpc) is 3.07. The summed E-state index contributed by atoms with van der Waals surface area (Å²) in [5.41, 5.74) is 2.36. The first-order valence-corrected chi connectivity index (χ1v) is 11.4. The van der Waals surface area contributed by atoms with E-state index in [1.807, 2.05) is 0 Å². The van der Waals surface area contributed by atoms with Crippen molar-refractivity contribution in [3.8, 4) is 17.2 Å². The number of esters is 1. The predicted molar refractivity (Wildman–Crippen MR) is 127 cm³/mol. The highest BCUT2D eigenvalue weighted by atomic mass is 32.1. The summed E-state index contributed by atoms with van der Waals surface area (Å²) in [4.78, 5) is 13.8. The van der Waals surface area contributed by atoms with Crippen molar-refractivity contribution in [1.82, 2.24) is 0 Å². The van der Waals surface area contributed by atoms with Crippen molar-refractivity contribution in [3.05, 3.63) is 28.1 Å². The molecule has 2 N–H and O–H groups in total. The summed E-state index contributed by atoms with van der Waals surface area (Å²) in [5, 5.41) is 7.41. The van der Waals surface area contributed by atoms with Crippen LogP contribution in [0.5, 0.6) is 17.2 Å². The van der Waals surface area contributed by atoms with Gasteiger partial charge >= 0.3 is 5.97 Å². The minimum absolute atomic E-state index is 0.337. The molecular formula is C22H28N2O5S2. The van der Waals surface area contributed by atoms with E-state index in [1.54, 1.807) is 44.8 Å². The number of thiophene rings is 1. The lowest BCUT2D eigenvalue weighted by atomic mass is 9.96. The predicted octanol–water partition coefficient (Wildman–Crippen LogP) is 5.03. The van der Waals surface area contributed by atoms with Crippen LogP contribution in [0.4, 0.5) is 10.7 Å². The molecule has 1 aromatic carbocycles. The number of hydrogen-bond donors (Lipinski definition) is 2. The van der Waals surface area contributed by atoms with Crippen LogP contribution in [0.2, 0.25) is 0 Å². The monoisotopic (exact) mass is 464 g/mol. The molecule has 2 aromatic rings. The van der Waals surface area contributed by atoms with E-state index < -0.39 is 0 Å². The first-order valence-electron chi connectivity index (χ1n) is 10.1. The van der Waals surface area contributed by atoms with Gasteiger partial charge in [-0.2, -0.15) is 0 Å². The van der Waals surface area contributed by atoms with Gasteiger partial charge in [-0.05, 0) is 43.5 Å². The zero-order valence-corrected chi connectivity index (χ0v) is 19.9. The molecule has 7 nitrogen and oxygen atoms in total. The highest BCUT2D eigenvalue weighted by Crippen LogP contribution is 2.40. The van der Waals surface area contributed by atoms with Crippen molar-refractivity contribution in [2.45, 2.75) is 38.5 Å². The zero-order valence-electron chi connectivity index (χ0n) is 18.3. The Morgan fingerprint density at radius 2 is 1.58 bits per heavy atom. The second kappa shape index (κ2) is 10.7. The number of methoxy groups -OCH3 is 4. The number of ether oxygens (including phenoxy) is 4. The third-order valence-electron chi connectivity index (χ3n) is 5.21. The second-order valence-corrected chi connectivity index (χ2v) is 8.62. The molecule has 0 atom stereocenters. The molecule has 0 bridgehead atoms. The number of anilines is 2. The lowest BCUT2D eigenvalue weighted by Crippen LogP contribution is -2.20. The van der Waals surface area contributed by atoms with Gasteiger partial charge in [0.05, 0.1) is 34.0 Å². The standard InChI is InChI=1S/C22H28N2O5S2/c1-26-15-11-13(12-16(27-2)19(15)28-3)23-22(30)24-20-18(21(25)29-4)14-9-7-5-6-8-10-17(14)31-20/h11-12H,5-10H2,1-4H3,(H2,23,24,30). The van der Waals surface area contributed by atoms with Crippen LogP contribution < -0.4 is 24.8 Å². The number of nitrogens with one attached hydrogen (secondary N) is 2. The number of carbonyl (C=O) groups excluding carboxylic acids is 1. The summed E-state index contributed by atoms with van der Waals surface area (Å²) >= 11 is 7.11. The fourth-order valence-corrected chi connectivity index (χ4v) is 5.31. The van der Waals surface area contributed by atoms with Crippen molar-refractivity contribution in [2.24, 2.45) is 0 Å². The maximum absolute atomic E-state index is 12.6. The Kier molecular flexibility index (Phi) is 7.97. The molecule has 168 valence electrons. The highest BCUT2D eigenvalue weighted by molar-refractivity contribution is 7.80. The number of aryl methyl sites for hydroxylation is 1. The Hall–Kier alpha value is -2.52. The van der Waals surface area contributed by atoms with Gasteiger partial charge in [0.1, 0.15) is 5.00 Å². The third kappa shape index (κ3) is 5.22. The minimum atomic E-state index is -0.337. The first-order chi connectivity index (χ1) is 15.0. The SMILES string of the molecule is COC(=O)c1c(NC(=S)Nc2cc(OC)c(OC)c(OC)c2)sc2c1CCCCCC2. The fraction of sp³-hybridized carbons (Fsp3) is 0.455.